The van der Waals surface area contributed by atoms with Gasteiger partial charge in [0.1, 0.15) is 0 Å². The molecule has 2 rings (SSSR count). The third kappa shape index (κ3) is 3.62. The lowest BCUT2D eigenvalue weighted by atomic mass is 10.2. The topological polar surface area (TPSA) is 67.2 Å². The molecule has 2 N–H and O–H groups in total. The number of hydrogen-bond donors (Lipinski definition) is 2. The lowest BCUT2D eigenvalue weighted by molar-refractivity contribution is -0.117. The normalized spacial score (nSPS) is 12.5. The van der Waals surface area contributed by atoms with Crippen LogP contribution in [0.4, 0.5) is 0 Å². The van der Waals surface area contributed by atoms with Gasteiger partial charge in [-0.15, -0.1) is 0 Å². The average molecular weight is 299 g/mol. The molecule has 0 aliphatic heterocycles. The highest BCUT2D eigenvalue weighted by atomic mass is 16.3. The Hall–Kier alpha value is -2.40. The third-order valence-corrected chi connectivity index (χ3v) is 3.41. The molecular formula is C17H21N3O2. The number of hydrogen-bond acceptors (Lipinski definition) is 3. The Morgan fingerprint density at radius 1 is 1.36 bits per heavy atom. The molecule has 2 aromatic rings. The average Bonchev–Trinajstić information content (AvgIpc) is 2.80. The number of nitrogens with zero attached hydrogens (tertiary/aromatic N) is 2. The van der Waals surface area contributed by atoms with E-state index in [1.165, 1.54) is 6.08 Å². The van der Waals surface area contributed by atoms with Gasteiger partial charge in [0.25, 0.3) is 0 Å². The largest absolute Gasteiger partial charge is 0.394 e. The molecule has 1 atom stereocenters. The SMILES string of the molecule is Cc1nn(-c2ccccc2)c(C)c1/C=C/C(=O)NC(C)CO. The maximum Gasteiger partial charge on any atom is 0.244 e. The third-order valence-electron chi connectivity index (χ3n) is 3.41. The molecule has 22 heavy (non-hydrogen) atoms. The van der Waals surface area contributed by atoms with Gasteiger partial charge in [0.05, 0.1) is 18.0 Å². The van der Waals surface area contributed by atoms with Gasteiger partial charge in [-0.25, -0.2) is 4.68 Å². The lowest BCUT2D eigenvalue weighted by Crippen LogP contribution is -2.33. The lowest BCUT2D eigenvalue weighted by Gasteiger charge is -2.07. The fourth-order valence-corrected chi connectivity index (χ4v) is 2.21. The van der Waals surface area contributed by atoms with Crippen LogP contribution < -0.4 is 5.32 Å². The first-order valence-corrected chi connectivity index (χ1v) is 7.24. The van der Waals surface area contributed by atoms with E-state index in [0.29, 0.717) is 0 Å². The van der Waals surface area contributed by atoms with Gasteiger partial charge in [-0.3, -0.25) is 4.79 Å². The Bertz CT molecular complexity index is 675. The Labute approximate surface area is 130 Å². The molecule has 1 aromatic carbocycles. The van der Waals surface area contributed by atoms with Gasteiger partial charge in [-0.1, -0.05) is 18.2 Å². The van der Waals surface area contributed by atoms with Crippen molar-refractivity contribution in [3.63, 3.8) is 0 Å². The second-order valence-electron chi connectivity index (χ2n) is 5.26. The summed E-state index contributed by atoms with van der Waals surface area (Å²) < 4.78 is 1.86. The maximum absolute atomic E-state index is 11.7. The number of nitrogens with one attached hydrogen (secondary N) is 1. The molecule has 5 nitrogen and oxygen atoms in total. The van der Waals surface area contributed by atoms with Crippen molar-refractivity contribution in [2.45, 2.75) is 26.8 Å². The fraction of sp³-hybridized carbons (Fsp3) is 0.294. The molecule has 0 aliphatic rings. The number of aliphatic hydroxyl groups excluding tert-OH is 1. The van der Waals surface area contributed by atoms with E-state index in [9.17, 15) is 4.79 Å². The van der Waals surface area contributed by atoms with E-state index < -0.39 is 0 Å². The van der Waals surface area contributed by atoms with Gasteiger partial charge in [-0.05, 0) is 39.0 Å². The first kappa shape index (κ1) is 16.0. The number of benzene rings is 1. The number of aryl methyl sites for hydroxylation is 1. The van der Waals surface area contributed by atoms with Crippen molar-refractivity contribution in [3.8, 4) is 5.69 Å². The maximum atomic E-state index is 11.7. The monoisotopic (exact) mass is 299 g/mol. The van der Waals surface area contributed by atoms with E-state index in [1.807, 2.05) is 48.9 Å². The zero-order valence-corrected chi connectivity index (χ0v) is 13.1. The van der Waals surface area contributed by atoms with Crippen LogP contribution in [-0.2, 0) is 4.79 Å². The van der Waals surface area contributed by atoms with Gasteiger partial charge >= 0.3 is 0 Å². The van der Waals surface area contributed by atoms with Crippen molar-refractivity contribution in [3.05, 3.63) is 53.4 Å². The molecule has 0 saturated carbocycles. The van der Waals surface area contributed by atoms with E-state index >= 15 is 0 Å². The van der Waals surface area contributed by atoms with Gasteiger partial charge in [0.2, 0.25) is 5.91 Å². The summed E-state index contributed by atoms with van der Waals surface area (Å²) in [5.74, 6) is -0.229. The zero-order chi connectivity index (χ0) is 16.1. The minimum Gasteiger partial charge on any atom is -0.394 e. The number of aromatic nitrogens is 2. The number of carbonyl (C=O) groups excluding carboxylic acids is 1. The van der Waals surface area contributed by atoms with Crippen molar-refractivity contribution in [2.24, 2.45) is 0 Å². The van der Waals surface area contributed by atoms with Crippen molar-refractivity contribution >= 4 is 12.0 Å². The smallest absolute Gasteiger partial charge is 0.244 e. The number of rotatable bonds is 5. The van der Waals surface area contributed by atoms with Crippen LogP contribution in [0.2, 0.25) is 0 Å². The quantitative estimate of drug-likeness (QED) is 0.830. The first-order chi connectivity index (χ1) is 10.5. The van der Waals surface area contributed by atoms with Crippen LogP contribution in [0.25, 0.3) is 11.8 Å². The van der Waals surface area contributed by atoms with Crippen LogP contribution in [0.3, 0.4) is 0 Å². The zero-order valence-electron chi connectivity index (χ0n) is 13.1. The molecule has 0 fully saturated rings. The standard InChI is InChI=1S/C17H21N3O2/c1-12(11-21)18-17(22)10-9-16-13(2)19-20(14(16)3)15-7-5-4-6-8-15/h4-10,12,21H,11H2,1-3H3,(H,18,22)/b10-9+. The molecule has 0 bridgehead atoms. The molecule has 1 unspecified atom stereocenters. The molecule has 0 aliphatic carbocycles. The molecule has 0 radical (unpaired) electrons. The van der Waals surface area contributed by atoms with Crippen molar-refractivity contribution in [1.29, 1.82) is 0 Å². The minimum atomic E-state index is -0.258. The van der Waals surface area contributed by atoms with Gasteiger partial charge in [0, 0.05) is 23.4 Å². The summed E-state index contributed by atoms with van der Waals surface area (Å²) in [5, 5.41) is 16.1. The van der Waals surface area contributed by atoms with E-state index in [-0.39, 0.29) is 18.6 Å². The molecule has 116 valence electrons. The van der Waals surface area contributed by atoms with Gasteiger partial charge in [-0.2, -0.15) is 5.10 Å². The Balaban J connectivity index is 2.23. The van der Waals surface area contributed by atoms with Crippen LogP contribution in [0.1, 0.15) is 23.9 Å². The number of carbonyl (C=O) groups is 1. The summed E-state index contributed by atoms with van der Waals surface area (Å²) in [4.78, 5) is 11.7. The number of amides is 1. The molecule has 1 amide bonds. The first-order valence-electron chi connectivity index (χ1n) is 7.24. The summed E-state index contributed by atoms with van der Waals surface area (Å²) in [6.45, 7) is 5.56. The number of para-hydroxylation sites is 1. The summed E-state index contributed by atoms with van der Waals surface area (Å²) in [7, 11) is 0. The molecule has 1 heterocycles. The molecule has 1 aromatic heterocycles. The molecular weight excluding hydrogens is 278 g/mol. The van der Waals surface area contributed by atoms with Crippen molar-refractivity contribution in [2.75, 3.05) is 6.61 Å². The second-order valence-corrected chi connectivity index (χ2v) is 5.26. The summed E-state index contributed by atoms with van der Waals surface area (Å²) >= 11 is 0. The van der Waals surface area contributed by atoms with Gasteiger partial charge < -0.3 is 10.4 Å². The van der Waals surface area contributed by atoms with E-state index in [0.717, 1.165) is 22.6 Å². The summed E-state index contributed by atoms with van der Waals surface area (Å²) in [6, 6.07) is 9.61. The second kappa shape index (κ2) is 7.04. The van der Waals surface area contributed by atoms with E-state index in [4.69, 9.17) is 5.11 Å². The van der Waals surface area contributed by atoms with Crippen LogP contribution in [-0.4, -0.2) is 33.4 Å². The van der Waals surface area contributed by atoms with Crippen molar-refractivity contribution in [1.82, 2.24) is 15.1 Å². The highest BCUT2D eigenvalue weighted by molar-refractivity contribution is 5.92. The Kier molecular flexibility index (Phi) is 5.12. The molecule has 0 saturated heterocycles. The minimum absolute atomic E-state index is 0.0798. The molecule has 0 spiro atoms. The van der Waals surface area contributed by atoms with Crippen LogP contribution in [0, 0.1) is 13.8 Å². The Morgan fingerprint density at radius 3 is 2.68 bits per heavy atom. The highest BCUT2D eigenvalue weighted by Gasteiger charge is 2.11. The van der Waals surface area contributed by atoms with Crippen molar-refractivity contribution < 1.29 is 9.90 Å². The van der Waals surface area contributed by atoms with E-state index in [1.54, 1.807) is 13.0 Å². The summed E-state index contributed by atoms with van der Waals surface area (Å²) in [6.07, 6.45) is 3.23. The van der Waals surface area contributed by atoms with E-state index in [2.05, 4.69) is 10.4 Å². The predicted molar refractivity (Wildman–Crippen MR) is 86.8 cm³/mol. The number of aliphatic hydroxyl groups is 1. The fourth-order valence-electron chi connectivity index (χ4n) is 2.21. The molecule has 5 heteroatoms. The summed E-state index contributed by atoms with van der Waals surface area (Å²) in [5.41, 5.74) is 3.75. The van der Waals surface area contributed by atoms with Crippen LogP contribution in [0.5, 0.6) is 0 Å². The van der Waals surface area contributed by atoms with Gasteiger partial charge in [0.15, 0.2) is 0 Å². The Morgan fingerprint density at radius 2 is 2.05 bits per heavy atom. The predicted octanol–water partition coefficient (Wildman–Crippen LogP) is 2.00. The van der Waals surface area contributed by atoms with Crippen LogP contribution >= 0.6 is 0 Å². The highest BCUT2D eigenvalue weighted by Crippen LogP contribution is 2.18. The van der Waals surface area contributed by atoms with Crippen LogP contribution in [0.15, 0.2) is 36.4 Å².